The second-order valence-electron chi connectivity index (χ2n) is 5.20. The van der Waals surface area contributed by atoms with Gasteiger partial charge in [0.2, 0.25) is 0 Å². The third kappa shape index (κ3) is 2.30. The van der Waals surface area contributed by atoms with Crippen molar-refractivity contribution in [2.45, 2.75) is 51.5 Å². The molecule has 0 bridgehead atoms. The van der Waals surface area contributed by atoms with Gasteiger partial charge < -0.3 is 5.32 Å². The largest absolute Gasteiger partial charge is 0.313 e. The zero-order chi connectivity index (χ0) is 11.5. The maximum Gasteiger partial charge on any atom is 0.0320 e. The van der Waals surface area contributed by atoms with E-state index in [-0.39, 0.29) is 0 Å². The molecule has 0 aromatic heterocycles. The Morgan fingerprint density at radius 2 is 2.06 bits per heavy atom. The van der Waals surface area contributed by atoms with E-state index < -0.39 is 0 Å². The van der Waals surface area contributed by atoms with Crippen LogP contribution in [0.25, 0.3) is 0 Å². The monoisotopic (exact) mass is 217 g/mol. The lowest BCUT2D eigenvalue weighted by Crippen LogP contribution is -2.16. The molecular formula is C15H23N. The van der Waals surface area contributed by atoms with Crippen molar-refractivity contribution in [2.75, 3.05) is 7.05 Å². The Hall–Kier alpha value is -0.820. The standard InChI is InChI=1S/C15H23N/c1-11(2)13-9-8-12-6-4-5-7-15(16-3)14(12)10-13/h8-11,15-16H,4-7H2,1-3H3. The van der Waals surface area contributed by atoms with Gasteiger partial charge in [-0.25, -0.2) is 0 Å². The maximum atomic E-state index is 3.47. The lowest BCUT2D eigenvalue weighted by Gasteiger charge is -2.19. The fraction of sp³-hybridized carbons (Fsp3) is 0.600. The molecule has 0 aliphatic heterocycles. The van der Waals surface area contributed by atoms with Crippen molar-refractivity contribution in [3.05, 3.63) is 34.9 Å². The molecule has 1 aromatic carbocycles. The lowest BCUT2D eigenvalue weighted by atomic mass is 9.93. The predicted octanol–water partition coefficient (Wildman–Crippen LogP) is 3.80. The van der Waals surface area contributed by atoms with Crippen molar-refractivity contribution >= 4 is 0 Å². The van der Waals surface area contributed by atoms with Crippen LogP contribution >= 0.6 is 0 Å². The highest BCUT2D eigenvalue weighted by atomic mass is 14.9. The fourth-order valence-electron chi connectivity index (χ4n) is 2.64. The van der Waals surface area contributed by atoms with Crippen molar-refractivity contribution in [3.63, 3.8) is 0 Å². The molecule has 16 heavy (non-hydrogen) atoms. The molecule has 0 saturated heterocycles. The van der Waals surface area contributed by atoms with E-state index in [9.17, 15) is 0 Å². The molecule has 1 aliphatic rings. The number of benzene rings is 1. The minimum atomic E-state index is 0.566. The van der Waals surface area contributed by atoms with E-state index in [0.717, 1.165) is 0 Å². The lowest BCUT2D eigenvalue weighted by molar-refractivity contribution is 0.533. The Bertz CT molecular complexity index is 354. The molecule has 1 aromatic rings. The quantitative estimate of drug-likeness (QED) is 0.743. The van der Waals surface area contributed by atoms with Crippen LogP contribution < -0.4 is 5.32 Å². The SMILES string of the molecule is CNC1CCCCc2ccc(C(C)C)cc21. The van der Waals surface area contributed by atoms with Gasteiger partial charge in [-0.1, -0.05) is 38.5 Å². The molecular weight excluding hydrogens is 194 g/mol. The van der Waals surface area contributed by atoms with Crippen LogP contribution in [0.1, 0.15) is 61.8 Å². The van der Waals surface area contributed by atoms with Crippen molar-refractivity contribution in [1.29, 1.82) is 0 Å². The molecule has 1 atom stereocenters. The van der Waals surface area contributed by atoms with Crippen molar-refractivity contribution in [2.24, 2.45) is 0 Å². The van der Waals surface area contributed by atoms with Crippen LogP contribution in [0.4, 0.5) is 0 Å². The molecule has 1 N–H and O–H groups in total. The van der Waals surface area contributed by atoms with E-state index in [0.29, 0.717) is 12.0 Å². The van der Waals surface area contributed by atoms with E-state index in [1.165, 1.54) is 31.2 Å². The zero-order valence-corrected chi connectivity index (χ0v) is 10.7. The summed E-state index contributed by atoms with van der Waals surface area (Å²) in [5.74, 6) is 0.631. The first kappa shape index (κ1) is 11.7. The Kier molecular flexibility index (Phi) is 3.65. The average molecular weight is 217 g/mol. The minimum absolute atomic E-state index is 0.566. The molecule has 1 aliphatic carbocycles. The summed E-state index contributed by atoms with van der Waals surface area (Å²) < 4.78 is 0. The Labute approximate surface area is 99.3 Å². The molecule has 1 nitrogen and oxygen atoms in total. The normalized spacial score (nSPS) is 20.6. The van der Waals surface area contributed by atoms with Gasteiger partial charge >= 0.3 is 0 Å². The number of hydrogen-bond acceptors (Lipinski definition) is 1. The van der Waals surface area contributed by atoms with Gasteiger partial charge in [-0.3, -0.25) is 0 Å². The molecule has 88 valence electrons. The summed E-state index contributed by atoms with van der Waals surface area (Å²) in [6.45, 7) is 4.54. The van der Waals surface area contributed by atoms with Gasteiger partial charge in [-0.15, -0.1) is 0 Å². The topological polar surface area (TPSA) is 12.0 Å². The average Bonchev–Trinajstić information content (AvgIpc) is 2.49. The first-order valence-corrected chi connectivity index (χ1v) is 6.52. The van der Waals surface area contributed by atoms with Crippen LogP contribution in [-0.2, 0) is 6.42 Å². The minimum Gasteiger partial charge on any atom is -0.313 e. The highest BCUT2D eigenvalue weighted by Crippen LogP contribution is 2.30. The van der Waals surface area contributed by atoms with Crippen molar-refractivity contribution < 1.29 is 0 Å². The van der Waals surface area contributed by atoms with Gasteiger partial charge in [-0.2, -0.15) is 0 Å². The number of nitrogens with one attached hydrogen (secondary N) is 1. The predicted molar refractivity (Wildman–Crippen MR) is 69.9 cm³/mol. The summed E-state index contributed by atoms with van der Waals surface area (Å²) in [4.78, 5) is 0. The maximum absolute atomic E-state index is 3.47. The van der Waals surface area contributed by atoms with Crippen LogP contribution in [0.15, 0.2) is 18.2 Å². The molecule has 0 heterocycles. The van der Waals surface area contributed by atoms with Gasteiger partial charge in [0, 0.05) is 6.04 Å². The fourth-order valence-corrected chi connectivity index (χ4v) is 2.64. The second kappa shape index (κ2) is 5.01. The summed E-state index contributed by atoms with van der Waals surface area (Å²) in [5, 5.41) is 3.47. The van der Waals surface area contributed by atoms with Crippen LogP contribution in [0.3, 0.4) is 0 Å². The molecule has 1 heteroatoms. The van der Waals surface area contributed by atoms with Gasteiger partial charge in [0.25, 0.3) is 0 Å². The number of rotatable bonds is 2. The molecule has 1 unspecified atom stereocenters. The Balaban J connectivity index is 2.39. The number of fused-ring (bicyclic) bond motifs is 1. The van der Waals surface area contributed by atoms with E-state index in [1.54, 1.807) is 11.1 Å². The van der Waals surface area contributed by atoms with Crippen molar-refractivity contribution in [3.8, 4) is 0 Å². The molecule has 0 fully saturated rings. The van der Waals surface area contributed by atoms with Crippen LogP contribution in [0, 0.1) is 0 Å². The second-order valence-corrected chi connectivity index (χ2v) is 5.20. The summed E-state index contributed by atoms with van der Waals surface area (Å²) in [6, 6.07) is 7.64. The van der Waals surface area contributed by atoms with Crippen LogP contribution in [0.2, 0.25) is 0 Å². The third-order valence-electron chi connectivity index (χ3n) is 3.75. The first-order chi connectivity index (χ1) is 7.72. The Morgan fingerprint density at radius 3 is 2.75 bits per heavy atom. The van der Waals surface area contributed by atoms with Gasteiger partial charge in [0.05, 0.1) is 0 Å². The summed E-state index contributed by atoms with van der Waals surface area (Å²) in [7, 11) is 2.09. The molecule has 0 radical (unpaired) electrons. The summed E-state index contributed by atoms with van der Waals surface area (Å²) >= 11 is 0. The van der Waals surface area contributed by atoms with Gasteiger partial charge in [0.1, 0.15) is 0 Å². The first-order valence-electron chi connectivity index (χ1n) is 6.52. The van der Waals surface area contributed by atoms with Crippen LogP contribution in [-0.4, -0.2) is 7.05 Å². The smallest absolute Gasteiger partial charge is 0.0320 e. The highest BCUT2D eigenvalue weighted by molar-refractivity contribution is 5.36. The van der Waals surface area contributed by atoms with Crippen LogP contribution in [0.5, 0.6) is 0 Å². The number of aryl methyl sites for hydroxylation is 1. The summed E-state index contributed by atoms with van der Waals surface area (Å²) in [5.41, 5.74) is 4.58. The van der Waals surface area contributed by atoms with E-state index in [4.69, 9.17) is 0 Å². The molecule has 0 amide bonds. The highest BCUT2D eigenvalue weighted by Gasteiger charge is 2.17. The molecule has 2 rings (SSSR count). The number of hydrogen-bond donors (Lipinski definition) is 1. The van der Waals surface area contributed by atoms with Crippen molar-refractivity contribution in [1.82, 2.24) is 5.32 Å². The zero-order valence-electron chi connectivity index (χ0n) is 10.7. The van der Waals surface area contributed by atoms with Gasteiger partial charge in [-0.05, 0) is 48.9 Å². The third-order valence-corrected chi connectivity index (χ3v) is 3.75. The Morgan fingerprint density at radius 1 is 1.25 bits per heavy atom. The molecule has 0 spiro atoms. The summed E-state index contributed by atoms with van der Waals surface area (Å²) in [6.07, 6.45) is 5.22. The van der Waals surface area contributed by atoms with Gasteiger partial charge in [0.15, 0.2) is 0 Å². The molecule has 0 saturated carbocycles. The van der Waals surface area contributed by atoms with E-state index >= 15 is 0 Å². The van der Waals surface area contributed by atoms with E-state index in [1.807, 2.05) is 0 Å². The van der Waals surface area contributed by atoms with E-state index in [2.05, 4.69) is 44.4 Å².